The van der Waals surface area contributed by atoms with E-state index in [-0.39, 0.29) is 5.60 Å². The fourth-order valence-corrected chi connectivity index (χ4v) is 3.12. The lowest BCUT2D eigenvalue weighted by molar-refractivity contribution is -0.192. The summed E-state index contributed by atoms with van der Waals surface area (Å²) in [5, 5.41) is 10.6. The van der Waals surface area contributed by atoms with Crippen LogP contribution in [0.1, 0.15) is 36.5 Å². The number of ether oxygens (including phenoxy) is 1. The van der Waals surface area contributed by atoms with Crippen molar-refractivity contribution in [3.05, 3.63) is 41.5 Å². The Morgan fingerprint density at radius 2 is 2.08 bits per heavy atom. The van der Waals surface area contributed by atoms with Gasteiger partial charge in [-0.25, -0.2) is 4.79 Å². The number of hydrogen-bond donors (Lipinski definition) is 2. The molecule has 2 N–H and O–H groups in total. The van der Waals surface area contributed by atoms with E-state index in [1.807, 2.05) is 0 Å². The lowest BCUT2D eigenvalue weighted by Crippen LogP contribution is -2.40. The molecule has 7 heteroatoms. The van der Waals surface area contributed by atoms with E-state index in [2.05, 4.69) is 43.9 Å². The van der Waals surface area contributed by atoms with Gasteiger partial charge in [0.05, 0.1) is 12.2 Å². The van der Waals surface area contributed by atoms with Gasteiger partial charge in [-0.15, -0.1) is 0 Å². The Morgan fingerprint density at radius 3 is 2.62 bits per heavy atom. The third-order valence-electron chi connectivity index (χ3n) is 4.40. The number of carboxylic acids is 1. The number of benzene rings is 1. The molecule has 1 saturated heterocycles. The molecule has 4 nitrogen and oxygen atoms in total. The average molecular weight is 343 g/mol. The van der Waals surface area contributed by atoms with Gasteiger partial charge in [-0.1, -0.05) is 30.4 Å². The van der Waals surface area contributed by atoms with Crippen LogP contribution in [0, 0.1) is 0 Å². The summed E-state index contributed by atoms with van der Waals surface area (Å²) in [5.74, 6) is -2.28. The molecule has 2 aliphatic heterocycles. The second kappa shape index (κ2) is 6.57. The van der Waals surface area contributed by atoms with Crippen LogP contribution in [0.2, 0.25) is 0 Å². The SMILES string of the molecule is C=C(C)c1cccc2c1COC1(C)CNCC21.O=C(O)C(F)(F)F. The summed E-state index contributed by atoms with van der Waals surface area (Å²) in [4.78, 5) is 8.90. The molecule has 3 rings (SSSR count). The number of rotatable bonds is 1. The second-order valence-electron chi connectivity index (χ2n) is 6.24. The molecule has 2 heterocycles. The maximum atomic E-state index is 10.6. The Balaban J connectivity index is 0.000000256. The molecule has 0 saturated carbocycles. The van der Waals surface area contributed by atoms with Crippen LogP contribution in [0.15, 0.2) is 24.8 Å². The van der Waals surface area contributed by atoms with Gasteiger partial charge in [-0.2, -0.15) is 13.2 Å². The van der Waals surface area contributed by atoms with Gasteiger partial charge < -0.3 is 15.2 Å². The van der Waals surface area contributed by atoms with E-state index >= 15 is 0 Å². The van der Waals surface area contributed by atoms with Crippen molar-refractivity contribution in [2.45, 2.75) is 38.1 Å². The summed E-state index contributed by atoms with van der Waals surface area (Å²) >= 11 is 0. The second-order valence-corrected chi connectivity index (χ2v) is 6.24. The minimum atomic E-state index is -5.08. The molecule has 2 unspecified atom stereocenters. The number of carbonyl (C=O) groups is 1. The zero-order valence-corrected chi connectivity index (χ0v) is 13.5. The lowest BCUT2D eigenvalue weighted by Gasteiger charge is -2.38. The first-order chi connectivity index (χ1) is 11.1. The highest BCUT2D eigenvalue weighted by Crippen LogP contribution is 2.42. The van der Waals surface area contributed by atoms with Crippen LogP contribution in [-0.2, 0) is 16.1 Å². The third kappa shape index (κ3) is 3.62. The van der Waals surface area contributed by atoms with Crippen molar-refractivity contribution in [3.63, 3.8) is 0 Å². The molecule has 24 heavy (non-hydrogen) atoms. The highest BCUT2D eigenvalue weighted by Gasteiger charge is 2.44. The minimum absolute atomic E-state index is 0.0271. The summed E-state index contributed by atoms with van der Waals surface area (Å²) in [6.07, 6.45) is -5.08. The first-order valence-corrected chi connectivity index (χ1v) is 7.48. The number of carboxylic acid groups (broad SMARTS) is 1. The number of fused-ring (bicyclic) bond motifs is 3. The standard InChI is InChI=1S/C15H19NO.C2HF3O2/c1-10(2)11-5-4-6-12-13(11)8-17-15(3)9-16-7-14(12)15;3-2(4,5)1(6)7/h4-6,14,16H,1,7-9H2,2-3H3;(H,6,7). The molecule has 132 valence electrons. The molecular formula is C17H20F3NO3. The van der Waals surface area contributed by atoms with E-state index in [1.54, 1.807) is 0 Å². The predicted octanol–water partition coefficient (Wildman–Crippen LogP) is 3.33. The van der Waals surface area contributed by atoms with E-state index in [0.717, 1.165) is 18.7 Å². The van der Waals surface area contributed by atoms with Crippen LogP contribution in [0.25, 0.3) is 5.57 Å². The van der Waals surface area contributed by atoms with Gasteiger partial charge in [0.15, 0.2) is 0 Å². The Morgan fingerprint density at radius 1 is 1.46 bits per heavy atom. The van der Waals surface area contributed by atoms with Gasteiger partial charge in [0.1, 0.15) is 0 Å². The Hall–Kier alpha value is -1.86. The van der Waals surface area contributed by atoms with E-state index in [0.29, 0.717) is 12.5 Å². The molecule has 0 aromatic heterocycles. The summed E-state index contributed by atoms with van der Waals surface area (Å²) in [6.45, 7) is 11.0. The molecule has 0 bridgehead atoms. The molecule has 0 spiro atoms. The van der Waals surface area contributed by atoms with Crippen LogP contribution in [0.4, 0.5) is 13.2 Å². The zero-order valence-electron chi connectivity index (χ0n) is 13.5. The largest absolute Gasteiger partial charge is 0.490 e. The van der Waals surface area contributed by atoms with E-state index in [9.17, 15) is 13.2 Å². The van der Waals surface area contributed by atoms with E-state index in [4.69, 9.17) is 14.6 Å². The number of halogens is 3. The highest BCUT2D eigenvalue weighted by molar-refractivity contribution is 5.73. The van der Waals surface area contributed by atoms with Crippen LogP contribution >= 0.6 is 0 Å². The van der Waals surface area contributed by atoms with Crippen molar-refractivity contribution in [1.82, 2.24) is 5.32 Å². The third-order valence-corrected chi connectivity index (χ3v) is 4.40. The van der Waals surface area contributed by atoms with E-state index < -0.39 is 12.1 Å². The predicted molar refractivity (Wildman–Crippen MR) is 83.6 cm³/mol. The number of allylic oxidation sites excluding steroid dienone is 1. The fraction of sp³-hybridized carbons (Fsp3) is 0.471. The van der Waals surface area contributed by atoms with Crippen LogP contribution in [-0.4, -0.2) is 35.9 Å². The van der Waals surface area contributed by atoms with Crippen molar-refractivity contribution in [1.29, 1.82) is 0 Å². The Labute approximate surface area is 138 Å². The van der Waals surface area contributed by atoms with Crippen molar-refractivity contribution in [3.8, 4) is 0 Å². The summed E-state index contributed by atoms with van der Waals surface area (Å²) in [6, 6.07) is 6.54. The molecule has 1 fully saturated rings. The van der Waals surface area contributed by atoms with Crippen molar-refractivity contribution in [2.75, 3.05) is 13.1 Å². The monoisotopic (exact) mass is 343 g/mol. The molecule has 1 aromatic rings. The highest BCUT2D eigenvalue weighted by atomic mass is 19.4. The molecular weight excluding hydrogens is 323 g/mol. The van der Waals surface area contributed by atoms with Crippen LogP contribution in [0.5, 0.6) is 0 Å². The van der Waals surface area contributed by atoms with Crippen molar-refractivity contribution < 1.29 is 27.8 Å². The first-order valence-electron chi connectivity index (χ1n) is 7.48. The summed E-state index contributed by atoms with van der Waals surface area (Å²) in [7, 11) is 0. The smallest absolute Gasteiger partial charge is 0.475 e. The lowest BCUT2D eigenvalue weighted by atomic mass is 9.79. The van der Waals surface area contributed by atoms with Gasteiger partial charge in [0, 0.05) is 19.0 Å². The zero-order chi connectivity index (χ0) is 18.1. The molecule has 0 amide bonds. The number of aliphatic carboxylic acids is 1. The Kier molecular flexibility index (Phi) is 5.05. The minimum Gasteiger partial charge on any atom is -0.475 e. The maximum absolute atomic E-state index is 10.6. The van der Waals surface area contributed by atoms with Gasteiger partial charge in [0.25, 0.3) is 0 Å². The van der Waals surface area contributed by atoms with Gasteiger partial charge in [-0.3, -0.25) is 0 Å². The summed E-state index contributed by atoms with van der Waals surface area (Å²) in [5.41, 5.74) is 5.15. The van der Waals surface area contributed by atoms with Crippen LogP contribution in [0.3, 0.4) is 0 Å². The van der Waals surface area contributed by atoms with E-state index in [1.165, 1.54) is 16.7 Å². The molecule has 1 aromatic carbocycles. The number of hydrogen-bond acceptors (Lipinski definition) is 3. The molecule has 2 aliphatic rings. The molecule has 0 aliphatic carbocycles. The summed E-state index contributed by atoms with van der Waals surface area (Å²) < 4.78 is 37.8. The first kappa shape index (κ1) is 18.5. The van der Waals surface area contributed by atoms with Crippen molar-refractivity contribution in [2.24, 2.45) is 0 Å². The van der Waals surface area contributed by atoms with Gasteiger partial charge in [-0.05, 0) is 30.5 Å². The number of nitrogens with one attached hydrogen (secondary N) is 1. The quantitative estimate of drug-likeness (QED) is 0.821. The maximum Gasteiger partial charge on any atom is 0.490 e. The normalized spacial score (nSPS) is 25.1. The average Bonchev–Trinajstić information content (AvgIpc) is 2.88. The molecule has 2 atom stereocenters. The fourth-order valence-electron chi connectivity index (χ4n) is 3.12. The van der Waals surface area contributed by atoms with Crippen molar-refractivity contribution >= 4 is 11.5 Å². The molecule has 0 radical (unpaired) electrons. The topological polar surface area (TPSA) is 58.6 Å². The van der Waals surface area contributed by atoms with Crippen LogP contribution < -0.4 is 5.32 Å². The van der Waals surface area contributed by atoms with Gasteiger partial charge in [0.2, 0.25) is 0 Å². The number of alkyl halides is 3. The van der Waals surface area contributed by atoms with Gasteiger partial charge >= 0.3 is 12.1 Å². The Bertz CT molecular complexity index is 657.